The molecule has 0 aliphatic heterocycles. The molecule has 0 aromatic rings. The van der Waals surface area contributed by atoms with Crippen LogP contribution < -0.4 is 5.73 Å². The van der Waals surface area contributed by atoms with Crippen molar-refractivity contribution in [1.82, 2.24) is 0 Å². The number of rotatable bonds is 0. The van der Waals surface area contributed by atoms with Crippen LogP contribution in [0.2, 0.25) is 0 Å². The van der Waals surface area contributed by atoms with Crippen LogP contribution in [-0.4, -0.2) is 0 Å². The average molecular weight is 176 g/mol. The van der Waals surface area contributed by atoms with Crippen molar-refractivity contribution < 1.29 is 0 Å². The van der Waals surface area contributed by atoms with Gasteiger partial charge in [-0.1, -0.05) is 29.3 Å². The summed E-state index contributed by atoms with van der Waals surface area (Å²) in [4.78, 5) is 0. The van der Waals surface area contributed by atoms with Crippen LogP contribution >= 0.6 is 23.2 Å². The molecule has 0 amide bonds. The van der Waals surface area contributed by atoms with Crippen LogP contribution in [0.25, 0.3) is 0 Å². The van der Waals surface area contributed by atoms with Gasteiger partial charge >= 0.3 is 0 Å². The predicted molar refractivity (Wildman–Crippen MR) is 44.8 cm³/mol. The van der Waals surface area contributed by atoms with E-state index < -0.39 is 0 Å². The highest BCUT2D eigenvalue weighted by atomic mass is 35.5. The third-order valence-corrected chi connectivity index (χ3v) is 1.79. The van der Waals surface area contributed by atoms with Gasteiger partial charge in [-0.25, -0.2) is 0 Å². The zero-order valence-corrected chi connectivity index (χ0v) is 6.78. The first-order valence-corrected chi connectivity index (χ1v) is 3.63. The first-order valence-electron chi connectivity index (χ1n) is 2.88. The zero-order valence-electron chi connectivity index (χ0n) is 5.27. The minimum Gasteiger partial charge on any atom is -0.398 e. The number of nitrogens with two attached hydrogens (primary N) is 1. The van der Waals surface area contributed by atoms with E-state index in [9.17, 15) is 0 Å². The standard InChI is InChI=1S/C7H7Cl2N/c8-5-2-1-3-6(9)7(10)4-5/h1-2,4H,3,10H2. The van der Waals surface area contributed by atoms with Gasteiger partial charge in [0.2, 0.25) is 0 Å². The van der Waals surface area contributed by atoms with E-state index in [1.807, 2.05) is 6.08 Å². The minimum atomic E-state index is 0.552. The first-order chi connectivity index (χ1) is 4.70. The van der Waals surface area contributed by atoms with Crippen LogP contribution in [0.15, 0.2) is 34.0 Å². The van der Waals surface area contributed by atoms with Gasteiger partial charge < -0.3 is 5.73 Å². The van der Waals surface area contributed by atoms with Crippen molar-refractivity contribution in [3.8, 4) is 0 Å². The number of halogens is 2. The van der Waals surface area contributed by atoms with Gasteiger partial charge in [-0.15, -0.1) is 0 Å². The summed E-state index contributed by atoms with van der Waals surface area (Å²) in [6.07, 6.45) is 5.97. The lowest BCUT2D eigenvalue weighted by atomic mass is 10.3. The molecule has 0 unspecified atom stereocenters. The highest BCUT2D eigenvalue weighted by molar-refractivity contribution is 6.32. The maximum absolute atomic E-state index is 5.74. The van der Waals surface area contributed by atoms with Crippen LogP contribution in [0.5, 0.6) is 0 Å². The van der Waals surface area contributed by atoms with E-state index in [1.165, 1.54) is 0 Å². The molecule has 1 nitrogen and oxygen atoms in total. The fraction of sp³-hybridized carbons (Fsp3) is 0.143. The average Bonchev–Trinajstić information content (AvgIpc) is 1.96. The van der Waals surface area contributed by atoms with E-state index in [0.717, 1.165) is 0 Å². The fourth-order valence-corrected chi connectivity index (χ4v) is 1.02. The van der Waals surface area contributed by atoms with E-state index in [1.54, 1.807) is 12.2 Å². The summed E-state index contributed by atoms with van der Waals surface area (Å²) in [5.74, 6) is 0. The van der Waals surface area contributed by atoms with Crippen LogP contribution in [0, 0.1) is 0 Å². The molecule has 1 aliphatic rings. The maximum Gasteiger partial charge on any atom is 0.0479 e. The Morgan fingerprint density at radius 1 is 1.40 bits per heavy atom. The maximum atomic E-state index is 5.74. The molecule has 2 N–H and O–H groups in total. The molecule has 0 saturated carbocycles. The normalized spacial score (nSPS) is 18.8. The first kappa shape index (κ1) is 7.70. The van der Waals surface area contributed by atoms with Crippen LogP contribution in [0.3, 0.4) is 0 Å². The van der Waals surface area contributed by atoms with E-state index >= 15 is 0 Å². The second-order valence-electron chi connectivity index (χ2n) is 2.00. The largest absolute Gasteiger partial charge is 0.398 e. The molecule has 3 heteroatoms. The number of hydrogen-bond acceptors (Lipinski definition) is 1. The van der Waals surface area contributed by atoms with Crippen LogP contribution in [-0.2, 0) is 0 Å². The molecule has 0 saturated heterocycles. The van der Waals surface area contributed by atoms with Crippen molar-refractivity contribution in [3.63, 3.8) is 0 Å². The number of hydrogen-bond donors (Lipinski definition) is 1. The lowest BCUT2D eigenvalue weighted by Gasteiger charge is -1.93. The summed E-state index contributed by atoms with van der Waals surface area (Å²) in [6, 6.07) is 0. The third-order valence-electron chi connectivity index (χ3n) is 1.18. The smallest absolute Gasteiger partial charge is 0.0479 e. The Morgan fingerprint density at radius 2 is 2.10 bits per heavy atom. The lowest BCUT2D eigenvalue weighted by Crippen LogP contribution is -1.94. The van der Waals surface area contributed by atoms with Gasteiger partial charge in [0.1, 0.15) is 0 Å². The molecule has 0 radical (unpaired) electrons. The van der Waals surface area contributed by atoms with Gasteiger partial charge in [-0.05, 0) is 12.2 Å². The SMILES string of the molecule is NC1=C(Cl)CC=CC(Cl)=C1. The summed E-state index contributed by atoms with van der Waals surface area (Å²) in [5, 5.41) is 1.26. The Hall–Kier alpha value is -0.400. The zero-order chi connectivity index (χ0) is 7.56. The summed E-state index contributed by atoms with van der Waals surface area (Å²) in [6.45, 7) is 0. The van der Waals surface area contributed by atoms with Crippen molar-refractivity contribution in [2.45, 2.75) is 6.42 Å². The van der Waals surface area contributed by atoms with Crippen molar-refractivity contribution in [1.29, 1.82) is 0 Å². The Labute approximate surface area is 69.8 Å². The van der Waals surface area contributed by atoms with E-state index in [0.29, 0.717) is 22.2 Å². The topological polar surface area (TPSA) is 26.0 Å². The molecule has 10 heavy (non-hydrogen) atoms. The predicted octanol–water partition coefficient (Wildman–Crippen LogP) is 2.48. The fourth-order valence-electron chi connectivity index (χ4n) is 0.668. The molecular weight excluding hydrogens is 169 g/mol. The van der Waals surface area contributed by atoms with E-state index in [4.69, 9.17) is 28.9 Å². The Balaban J connectivity index is 2.96. The highest BCUT2D eigenvalue weighted by Gasteiger charge is 1.99. The molecule has 0 spiro atoms. The molecule has 0 aromatic heterocycles. The Kier molecular flexibility index (Phi) is 2.41. The summed E-state index contributed by atoms with van der Waals surface area (Å²) in [5.41, 5.74) is 6.07. The van der Waals surface area contributed by atoms with Crippen molar-refractivity contribution >= 4 is 23.2 Å². The molecule has 0 aromatic carbocycles. The van der Waals surface area contributed by atoms with E-state index in [-0.39, 0.29) is 0 Å². The highest BCUT2D eigenvalue weighted by Crippen LogP contribution is 2.19. The molecule has 54 valence electrons. The molecule has 0 heterocycles. The molecular formula is C7H7Cl2N. The lowest BCUT2D eigenvalue weighted by molar-refractivity contribution is 1.28. The molecule has 0 fully saturated rings. The Bertz CT molecular complexity index is 226. The summed E-state index contributed by atoms with van der Waals surface area (Å²) < 4.78 is 0. The Morgan fingerprint density at radius 3 is 2.80 bits per heavy atom. The minimum absolute atomic E-state index is 0.552. The van der Waals surface area contributed by atoms with Gasteiger partial charge in [0, 0.05) is 22.2 Å². The quantitative estimate of drug-likeness (QED) is 0.602. The van der Waals surface area contributed by atoms with E-state index in [2.05, 4.69) is 0 Å². The van der Waals surface area contributed by atoms with Gasteiger partial charge in [-0.2, -0.15) is 0 Å². The monoisotopic (exact) mass is 175 g/mol. The van der Waals surface area contributed by atoms with Gasteiger partial charge in [0.25, 0.3) is 0 Å². The van der Waals surface area contributed by atoms with Crippen molar-refractivity contribution in [3.05, 3.63) is 34.0 Å². The van der Waals surface area contributed by atoms with Crippen molar-refractivity contribution in [2.75, 3.05) is 0 Å². The third kappa shape index (κ3) is 1.79. The molecule has 1 aliphatic carbocycles. The van der Waals surface area contributed by atoms with Gasteiger partial charge in [0.05, 0.1) is 0 Å². The second-order valence-corrected chi connectivity index (χ2v) is 2.89. The molecule has 1 rings (SSSR count). The van der Waals surface area contributed by atoms with Crippen LogP contribution in [0.4, 0.5) is 0 Å². The molecule has 0 bridgehead atoms. The summed E-state index contributed by atoms with van der Waals surface area (Å²) >= 11 is 11.4. The summed E-state index contributed by atoms with van der Waals surface area (Å²) in [7, 11) is 0. The number of allylic oxidation sites excluding steroid dienone is 5. The van der Waals surface area contributed by atoms with Crippen molar-refractivity contribution in [2.24, 2.45) is 5.73 Å². The van der Waals surface area contributed by atoms with Gasteiger partial charge in [-0.3, -0.25) is 0 Å². The second kappa shape index (κ2) is 3.13. The molecule has 0 atom stereocenters. The van der Waals surface area contributed by atoms with Gasteiger partial charge in [0.15, 0.2) is 0 Å². The van der Waals surface area contributed by atoms with Crippen LogP contribution in [0.1, 0.15) is 6.42 Å².